The van der Waals surface area contributed by atoms with Crippen molar-refractivity contribution in [2.24, 2.45) is 5.41 Å². The maximum Gasteiger partial charge on any atom is 0.410 e. The first-order valence-electron chi connectivity index (χ1n) is 10.1. The third-order valence-electron chi connectivity index (χ3n) is 4.97. The molecule has 0 spiro atoms. The molecule has 0 aromatic heterocycles. The second kappa shape index (κ2) is 9.92. The number of carbonyl (C=O) groups is 2. The van der Waals surface area contributed by atoms with E-state index in [2.05, 4.69) is 6.58 Å². The Labute approximate surface area is 173 Å². The summed E-state index contributed by atoms with van der Waals surface area (Å²) >= 11 is 0. The Hall–Kier alpha value is -2.34. The number of amides is 1. The van der Waals surface area contributed by atoms with Crippen LogP contribution in [0.25, 0.3) is 0 Å². The van der Waals surface area contributed by atoms with Crippen LogP contribution in [0.3, 0.4) is 0 Å². The molecule has 1 aromatic carbocycles. The van der Waals surface area contributed by atoms with Gasteiger partial charge < -0.3 is 19.1 Å². The summed E-state index contributed by atoms with van der Waals surface area (Å²) in [5.74, 6) is -0.304. The largest absolute Gasteiger partial charge is 0.465 e. The Morgan fingerprint density at radius 1 is 1.28 bits per heavy atom. The molecule has 6 nitrogen and oxygen atoms in total. The molecule has 2 rings (SSSR count). The van der Waals surface area contributed by atoms with Crippen molar-refractivity contribution in [1.82, 2.24) is 4.90 Å². The quantitative estimate of drug-likeness (QED) is 0.501. The van der Waals surface area contributed by atoms with Gasteiger partial charge in [-0.2, -0.15) is 0 Å². The normalized spacial score (nSPS) is 22.1. The summed E-state index contributed by atoms with van der Waals surface area (Å²) in [7, 11) is 0. The molecular weight excluding hydrogens is 370 g/mol. The summed E-state index contributed by atoms with van der Waals surface area (Å²) in [4.78, 5) is 27.2. The molecule has 1 aliphatic heterocycles. The number of carbonyl (C=O) groups excluding carboxylic acids is 2. The van der Waals surface area contributed by atoms with E-state index in [0.29, 0.717) is 32.6 Å². The molecule has 1 heterocycles. The summed E-state index contributed by atoms with van der Waals surface area (Å²) in [5.41, 5.74) is -0.461. The number of esters is 1. The van der Waals surface area contributed by atoms with Gasteiger partial charge in [-0.1, -0.05) is 36.4 Å². The summed E-state index contributed by atoms with van der Waals surface area (Å²) in [5, 5.41) is 0. The number of allylic oxidation sites excluding steroid dienone is 1. The summed E-state index contributed by atoms with van der Waals surface area (Å²) in [6.45, 7) is 12.4. The molecule has 1 amide bonds. The Kier molecular flexibility index (Phi) is 7.85. The van der Waals surface area contributed by atoms with Crippen LogP contribution >= 0.6 is 0 Å². The molecule has 1 fully saturated rings. The van der Waals surface area contributed by atoms with E-state index in [1.165, 1.54) is 0 Å². The highest BCUT2D eigenvalue weighted by atomic mass is 16.6. The van der Waals surface area contributed by atoms with E-state index < -0.39 is 23.2 Å². The molecule has 0 saturated carbocycles. The minimum Gasteiger partial charge on any atom is -0.465 e. The lowest BCUT2D eigenvalue weighted by Gasteiger charge is -2.45. The van der Waals surface area contributed by atoms with Crippen LogP contribution in [0.4, 0.5) is 4.79 Å². The van der Waals surface area contributed by atoms with Gasteiger partial charge in [0, 0.05) is 6.54 Å². The van der Waals surface area contributed by atoms with Gasteiger partial charge in [-0.3, -0.25) is 4.79 Å². The molecule has 0 unspecified atom stereocenters. The van der Waals surface area contributed by atoms with Crippen LogP contribution in [0.15, 0.2) is 43.0 Å². The standard InChI is InChI=1S/C23H33NO5/c1-6-13-23(20(25)27-7-2)14-15-24(21(26)29-22(3,4)5)16-19(23)28-17-18-11-9-8-10-12-18/h6,8-12,19H,1,7,13-17H2,2-5H3/t19-,23-/m0/s1. The van der Waals surface area contributed by atoms with E-state index >= 15 is 0 Å². The zero-order valence-electron chi connectivity index (χ0n) is 18.0. The number of rotatable bonds is 7. The number of hydrogen-bond acceptors (Lipinski definition) is 5. The fraction of sp³-hybridized carbons (Fsp3) is 0.565. The third kappa shape index (κ3) is 6.07. The number of likely N-dealkylation sites (tertiary alicyclic amines) is 1. The SMILES string of the molecule is C=CC[C@]1(C(=O)OCC)CCN(C(=O)OC(C)(C)C)C[C@@H]1OCc1ccccc1. The molecule has 0 aliphatic carbocycles. The molecule has 1 aliphatic rings. The highest BCUT2D eigenvalue weighted by Gasteiger charge is 2.51. The molecule has 1 aromatic rings. The van der Waals surface area contributed by atoms with Crippen LogP contribution in [0.1, 0.15) is 46.1 Å². The van der Waals surface area contributed by atoms with Crippen LogP contribution < -0.4 is 0 Å². The van der Waals surface area contributed by atoms with Crippen molar-refractivity contribution in [2.45, 2.75) is 58.8 Å². The smallest absolute Gasteiger partial charge is 0.410 e. The average Bonchev–Trinajstić information content (AvgIpc) is 2.67. The zero-order valence-corrected chi connectivity index (χ0v) is 18.0. The van der Waals surface area contributed by atoms with Gasteiger partial charge in [-0.05, 0) is 46.1 Å². The fourth-order valence-electron chi connectivity index (χ4n) is 3.52. The van der Waals surface area contributed by atoms with Crippen LogP contribution in [0, 0.1) is 5.41 Å². The first kappa shape index (κ1) is 22.9. The van der Waals surface area contributed by atoms with Gasteiger partial charge in [0.1, 0.15) is 11.0 Å². The van der Waals surface area contributed by atoms with Gasteiger partial charge in [0.05, 0.1) is 25.9 Å². The maximum absolute atomic E-state index is 13.0. The van der Waals surface area contributed by atoms with E-state index in [0.717, 1.165) is 5.56 Å². The molecular formula is C23H33NO5. The minimum atomic E-state index is -0.870. The van der Waals surface area contributed by atoms with Crippen molar-refractivity contribution < 1.29 is 23.8 Å². The van der Waals surface area contributed by atoms with E-state index in [-0.39, 0.29) is 12.5 Å². The molecule has 160 valence electrons. The predicted octanol–water partition coefficient (Wildman–Crippen LogP) is 4.34. The van der Waals surface area contributed by atoms with Crippen molar-refractivity contribution >= 4 is 12.1 Å². The minimum absolute atomic E-state index is 0.258. The van der Waals surface area contributed by atoms with Gasteiger partial charge in [-0.25, -0.2) is 4.79 Å². The summed E-state index contributed by atoms with van der Waals surface area (Å²) in [6.07, 6.45) is 1.64. The van der Waals surface area contributed by atoms with Gasteiger partial charge in [-0.15, -0.1) is 6.58 Å². The number of piperidine rings is 1. The van der Waals surface area contributed by atoms with Crippen molar-refractivity contribution in [3.05, 3.63) is 48.6 Å². The van der Waals surface area contributed by atoms with Gasteiger partial charge in [0.2, 0.25) is 0 Å². The lowest BCUT2D eigenvalue weighted by Crippen LogP contribution is -2.57. The summed E-state index contributed by atoms with van der Waals surface area (Å²) < 4.78 is 17.1. The number of nitrogens with zero attached hydrogens (tertiary/aromatic N) is 1. The zero-order chi connectivity index (χ0) is 21.5. The van der Waals surface area contributed by atoms with E-state index in [1.54, 1.807) is 17.9 Å². The molecule has 6 heteroatoms. The second-order valence-corrected chi connectivity index (χ2v) is 8.33. The predicted molar refractivity (Wildman–Crippen MR) is 111 cm³/mol. The molecule has 0 N–H and O–H groups in total. The van der Waals surface area contributed by atoms with Gasteiger partial charge in [0.15, 0.2) is 0 Å². The average molecular weight is 404 g/mol. The fourth-order valence-corrected chi connectivity index (χ4v) is 3.52. The number of hydrogen-bond donors (Lipinski definition) is 0. The van der Waals surface area contributed by atoms with Crippen molar-refractivity contribution in [3.8, 4) is 0 Å². The van der Waals surface area contributed by atoms with Crippen LogP contribution in [-0.2, 0) is 25.6 Å². The van der Waals surface area contributed by atoms with Gasteiger partial charge in [0.25, 0.3) is 0 Å². The number of benzene rings is 1. The van der Waals surface area contributed by atoms with Crippen molar-refractivity contribution in [1.29, 1.82) is 0 Å². The van der Waals surface area contributed by atoms with Crippen molar-refractivity contribution in [2.75, 3.05) is 19.7 Å². The van der Waals surface area contributed by atoms with Crippen LogP contribution in [0.2, 0.25) is 0 Å². The Balaban J connectivity index is 2.25. The topological polar surface area (TPSA) is 65.1 Å². The van der Waals surface area contributed by atoms with E-state index in [9.17, 15) is 9.59 Å². The summed E-state index contributed by atoms with van der Waals surface area (Å²) in [6, 6.07) is 9.75. The van der Waals surface area contributed by atoms with Crippen molar-refractivity contribution in [3.63, 3.8) is 0 Å². The molecule has 1 saturated heterocycles. The Morgan fingerprint density at radius 3 is 2.55 bits per heavy atom. The molecule has 0 bridgehead atoms. The third-order valence-corrected chi connectivity index (χ3v) is 4.97. The lowest BCUT2D eigenvalue weighted by molar-refractivity contribution is -0.175. The molecule has 2 atom stereocenters. The first-order valence-corrected chi connectivity index (χ1v) is 10.1. The lowest BCUT2D eigenvalue weighted by atomic mass is 9.73. The Bertz CT molecular complexity index is 697. The number of ether oxygens (including phenoxy) is 3. The van der Waals surface area contributed by atoms with Crippen LogP contribution in [0.5, 0.6) is 0 Å². The first-order chi connectivity index (χ1) is 13.7. The highest BCUT2D eigenvalue weighted by molar-refractivity contribution is 5.79. The second-order valence-electron chi connectivity index (χ2n) is 8.33. The van der Waals surface area contributed by atoms with Gasteiger partial charge >= 0.3 is 12.1 Å². The highest BCUT2D eigenvalue weighted by Crippen LogP contribution is 2.40. The maximum atomic E-state index is 13.0. The molecule has 0 radical (unpaired) electrons. The van der Waals surface area contributed by atoms with E-state index in [1.807, 2.05) is 51.1 Å². The molecule has 29 heavy (non-hydrogen) atoms. The Morgan fingerprint density at radius 2 is 1.97 bits per heavy atom. The van der Waals surface area contributed by atoms with E-state index in [4.69, 9.17) is 14.2 Å². The van der Waals surface area contributed by atoms with Crippen LogP contribution in [-0.4, -0.2) is 48.4 Å². The monoisotopic (exact) mass is 403 g/mol.